The molecule has 1 aliphatic heterocycles. The zero-order valence-corrected chi connectivity index (χ0v) is 9.95. The Morgan fingerprint density at radius 3 is 3.12 bits per heavy atom. The van der Waals surface area contributed by atoms with Crippen LogP contribution in [0, 0.1) is 5.92 Å². The monoisotopic (exact) mass is 223 g/mol. The van der Waals surface area contributed by atoms with E-state index in [0.29, 0.717) is 6.04 Å². The molecule has 1 saturated heterocycles. The molecule has 1 aromatic rings. The van der Waals surface area contributed by atoms with Crippen molar-refractivity contribution in [1.82, 2.24) is 5.32 Å². The van der Waals surface area contributed by atoms with E-state index in [-0.39, 0.29) is 0 Å². The van der Waals surface area contributed by atoms with Gasteiger partial charge in [0.2, 0.25) is 0 Å². The summed E-state index contributed by atoms with van der Waals surface area (Å²) in [5, 5.41) is 3.55. The SMILES string of the molecule is CCC(NCCC1CCOC1)c1ccco1. The molecule has 0 radical (unpaired) electrons. The predicted octanol–water partition coefficient (Wildman–Crippen LogP) is 2.75. The number of furan rings is 1. The number of nitrogens with one attached hydrogen (secondary N) is 1. The predicted molar refractivity (Wildman–Crippen MR) is 63.3 cm³/mol. The molecule has 3 heteroatoms. The Bertz CT molecular complexity index is 278. The molecule has 1 N–H and O–H groups in total. The number of ether oxygens (including phenoxy) is 1. The van der Waals surface area contributed by atoms with Gasteiger partial charge >= 0.3 is 0 Å². The molecule has 0 spiro atoms. The highest BCUT2D eigenvalue weighted by atomic mass is 16.5. The van der Waals surface area contributed by atoms with Crippen LogP contribution in [0.2, 0.25) is 0 Å². The van der Waals surface area contributed by atoms with E-state index in [9.17, 15) is 0 Å². The summed E-state index contributed by atoms with van der Waals surface area (Å²) < 4.78 is 10.8. The second-order valence-electron chi connectivity index (χ2n) is 4.45. The summed E-state index contributed by atoms with van der Waals surface area (Å²) in [4.78, 5) is 0. The summed E-state index contributed by atoms with van der Waals surface area (Å²) in [5.74, 6) is 1.80. The van der Waals surface area contributed by atoms with Crippen molar-refractivity contribution in [2.24, 2.45) is 5.92 Å². The van der Waals surface area contributed by atoms with Gasteiger partial charge in [-0.1, -0.05) is 6.92 Å². The third-order valence-corrected chi connectivity index (χ3v) is 3.26. The maximum Gasteiger partial charge on any atom is 0.120 e. The molecule has 0 bridgehead atoms. The smallest absolute Gasteiger partial charge is 0.120 e. The molecule has 3 nitrogen and oxygen atoms in total. The normalized spacial score (nSPS) is 22.4. The standard InChI is InChI=1S/C13H21NO2/c1-2-12(13-4-3-8-16-13)14-7-5-11-6-9-15-10-11/h3-4,8,11-12,14H,2,5-7,9-10H2,1H3. The lowest BCUT2D eigenvalue weighted by molar-refractivity contribution is 0.183. The molecule has 0 aromatic carbocycles. The van der Waals surface area contributed by atoms with Gasteiger partial charge in [0, 0.05) is 13.2 Å². The van der Waals surface area contributed by atoms with E-state index < -0.39 is 0 Å². The van der Waals surface area contributed by atoms with Crippen LogP contribution >= 0.6 is 0 Å². The first kappa shape index (κ1) is 11.7. The van der Waals surface area contributed by atoms with Gasteiger partial charge in [-0.2, -0.15) is 0 Å². The van der Waals surface area contributed by atoms with Gasteiger partial charge in [0.05, 0.1) is 12.3 Å². The molecule has 2 heterocycles. The molecule has 16 heavy (non-hydrogen) atoms. The Morgan fingerprint density at radius 2 is 2.50 bits per heavy atom. The first-order valence-electron chi connectivity index (χ1n) is 6.24. The van der Waals surface area contributed by atoms with E-state index >= 15 is 0 Å². The van der Waals surface area contributed by atoms with Crippen molar-refractivity contribution in [3.05, 3.63) is 24.2 Å². The minimum absolute atomic E-state index is 0.359. The van der Waals surface area contributed by atoms with Gasteiger partial charge < -0.3 is 14.5 Å². The van der Waals surface area contributed by atoms with Gasteiger partial charge in [0.25, 0.3) is 0 Å². The van der Waals surface area contributed by atoms with Crippen LogP contribution in [0.4, 0.5) is 0 Å². The molecule has 2 atom stereocenters. The van der Waals surface area contributed by atoms with Crippen molar-refractivity contribution in [1.29, 1.82) is 0 Å². The second kappa shape index (κ2) is 6.06. The van der Waals surface area contributed by atoms with Crippen LogP contribution in [0.15, 0.2) is 22.8 Å². The molecular formula is C13H21NO2. The first-order valence-corrected chi connectivity index (χ1v) is 6.24. The Labute approximate surface area is 97.2 Å². The lowest BCUT2D eigenvalue weighted by Crippen LogP contribution is -2.23. The second-order valence-corrected chi connectivity index (χ2v) is 4.45. The van der Waals surface area contributed by atoms with Gasteiger partial charge in [0.15, 0.2) is 0 Å². The molecule has 1 aliphatic rings. The quantitative estimate of drug-likeness (QED) is 0.805. The van der Waals surface area contributed by atoms with E-state index in [2.05, 4.69) is 12.2 Å². The Hall–Kier alpha value is -0.800. The van der Waals surface area contributed by atoms with Crippen molar-refractivity contribution in [2.45, 2.75) is 32.2 Å². The fourth-order valence-electron chi connectivity index (χ4n) is 2.21. The fourth-order valence-corrected chi connectivity index (χ4v) is 2.21. The van der Waals surface area contributed by atoms with E-state index in [1.807, 2.05) is 12.1 Å². The Morgan fingerprint density at radius 1 is 1.56 bits per heavy atom. The van der Waals surface area contributed by atoms with E-state index in [0.717, 1.165) is 37.9 Å². The van der Waals surface area contributed by atoms with Gasteiger partial charge in [-0.05, 0) is 43.9 Å². The summed E-state index contributed by atoms with van der Waals surface area (Å²) in [6, 6.07) is 4.35. The number of rotatable bonds is 6. The average molecular weight is 223 g/mol. The van der Waals surface area contributed by atoms with Crippen molar-refractivity contribution in [2.75, 3.05) is 19.8 Å². The van der Waals surface area contributed by atoms with E-state index in [1.165, 1.54) is 12.8 Å². The van der Waals surface area contributed by atoms with Crippen LogP contribution in [-0.4, -0.2) is 19.8 Å². The molecule has 0 saturated carbocycles. The third-order valence-electron chi connectivity index (χ3n) is 3.26. The molecule has 90 valence electrons. The zero-order valence-electron chi connectivity index (χ0n) is 9.95. The average Bonchev–Trinajstić information content (AvgIpc) is 2.96. The van der Waals surface area contributed by atoms with Crippen molar-refractivity contribution in [3.8, 4) is 0 Å². The van der Waals surface area contributed by atoms with E-state index in [4.69, 9.17) is 9.15 Å². The van der Waals surface area contributed by atoms with Crippen molar-refractivity contribution in [3.63, 3.8) is 0 Å². The number of hydrogen-bond donors (Lipinski definition) is 1. The first-order chi connectivity index (χ1) is 7.90. The molecule has 2 unspecified atom stereocenters. The van der Waals surface area contributed by atoms with Gasteiger partial charge in [-0.15, -0.1) is 0 Å². The summed E-state index contributed by atoms with van der Waals surface area (Å²) in [5.41, 5.74) is 0. The van der Waals surface area contributed by atoms with Crippen LogP contribution in [0.3, 0.4) is 0 Å². The summed E-state index contributed by atoms with van der Waals surface area (Å²) in [6.07, 6.45) is 5.23. The minimum Gasteiger partial charge on any atom is -0.468 e. The highest BCUT2D eigenvalue weighted by molar-refractivity contribution is 5.03. The molecule has 2 rings (SSSR count). The van der Waals surface area contributed by atoms with Gasteiger partial charge in [-0.25, -0.2) is 0 Å². The van der Waals surface area contributed by atoms with Crippen LogP contribution in [0.1, 0.15) is 38.0 Å². The van der Waals surface area contributed by atoms with Crippen molar-refractivity contribution < 1.29 is 9.15 Å². The van der Waals surface area contributed by atoms with Gasteiger partial charge in [-0.3, -0.25) is 0 Å². The molecule has 1 fully saturated rings. The highest BCUT2D eigenvalue weighted by Gasteiger charge is 2.16. The maximum atomic E-state index is 5.42. The summed E-state index contributed by atoms with van der Waals surface area (Å²) in [7, 11) is 0. The maximum absolute atomic E-state index is 5.42. The van der Waals surface area contributed by atoms with Crippen molar-refractivity contribution >= 4 is 0 Å². The molecular weight excluding hydrogens is 202 g/mol. The topological polar surface area (TPSA) is 34.4 Å². The summed E-state index contributed by atoms with van der Waals surface area (Å²) >= 11 is 0. The van der Waals surface area contributed by atoms with E-state index in [1.54, 1.807) is 6.26 Å². The largest absolute Gasteiger partial charge is 0.468 e. The zero-order chi connectivity index (χ0) is 11.2. The number of hydrogen-bond acceptors (Lipinski definition) is 3. The van der Waals surface area contributed by atoms with Crippen LogP contribution < -0.4 is 5.32 Å². The molecule has 0 amide bonds. The third kappa shape index (κ3) is 3.09. The lowest BCUT2D eigenvalue weighted by atomic mass is 10.0. The molecule has 1 aromatic heterocycles. The minimum atomic E-state index is 0.359. The summed E-state index contributed by atoms with van der Waals surface area (Å²) in [6.45, 7) is 5.12. The lowest BCUT2D eigenvalue weighted by Gasteiger charge is -2.15. The highest BCUT2D eigenvalue weighted by Crippen LogP contribution is 2.19. The molecule has 0 aliphatic carbocycles. The Balaban J connectivity index is 1.71. The van der Waals surface area contributed by atoms with Crippen LogP contribution in [-0.2, 0) is 4.74 Å². The van der Waals surface area contributed by atoms with Crippen LogP contribution in [0.25, 0.3) is 0 Å². The Kier molecular flexibility index (Phi) is 4.43. The van der Waals surface area contributed by atoms with Gasteiger partial charge in [0.1, 0.15) is 5.76 Å². The van der Waals surface area contributed by atoms with Crippen LogP contribution in [0.5, 0.6) is 0 Å². The fraction of sp³-hybridized carbons (Fsp3) is 0.692.